The lowest BCUT2D eigenvalue weighted by Crippen LogP contribution is -2.29. The quantitative estimate of drug-likeness (QED) is 0.521. The molecule has 0 saturated heterocycles. The maximum absolute atomic E-state index is 13.1. The molecule has 33 heavy (non-hydrogen) atoms. The van der Waals surface area contributed by atoms with Gasteiger partial charge in [-0.25, -0.2) is 22.0 Å². The van der Waals surface area contributed by atoms with Gasteiger partial charge in [-0.2, -0.15) is 0 Å². The van der Waals surface area contributed by atoms with Crippen LogP contribution in [0.4, 0.5) is 11.4 Å². The molecule has 170 valence electrons. The molecule has 0 atom stereocenters. The Bertz CT molecular complexity index is 1430. The first kappa shape index (κ1) is 22.7. The van der Waals surface area contributed by atoms with Crippen LogP contribution >= 0.6 is 0 Å². The summed E-state index contributed by atoms with van der Waals surface area (Å²) in [5.74, 6) is -0.427. The summed E-state index contributed by atoms with van der Waals surface area (Å²) >= 11 is 0. The van der Waals surface area contributed by atoms with E-state index in [1.54, 1.807) is 24.3 Å². The van der Waals surface area contributed by atoms with Gasteiger partial charge < -0.3 is 5.32 Å². The van der Waals surface area contributed by atoms with Crippen molar-refractivity contribution in [2.75, 3.05) is 16.2 Å². The van der Waals surface area contributed by atoms with Crippen molar-refractivity contribution in [2.24, 2.45) is 5.14 Å². The predicted octanol–water partition coefficient (Wildman–Crippen LogP) is 2.74. The molecule has 0 aromatic heterocycles. The fourth-order valence-electron chi connectivity index (χ4n) is 3.52. The van der Waals surface area contributed by atoms with Crippen LogP contribution in [0.3, 0.4) is 0 Å². The standard InChI is InChI=1S/C23H21N3O5S2/c24-32(28,29)20-12-8-19(9-13-20)25-23(27)14-7-17-5-10-21(11-6-17)33(30,31)26-16-15-18-3-1-2-4-22(18)26/h1-14H,15-16H2,(H,25,27)(H2,24,28,29). The number of carbonyl (C=O) groups excluding carboxylic acids is 1. The minimum absolute atomic E-state index is 0.0523. The van der Waals surface area contributed by atoms with Gasteiger partial charge in [0.1, 0.15) is 0 Å². The van der Waals surface area contributed by atoms with Crippen LogP contribution in [0.15, 0.2) is 88.7 Å². The zero-order valence-corrected chi connectivity index (χ0v) is 19.0. The number of anilines is 2. The Morgan fingerprint density at radius 2 is 1.52 bits per heavy atom. The van der Waals surface area contributed by atoms with Gasteiger partial charge in [-0.05, 0) is 66.1 Å². The van der Waals surface area contributed by atoms with Crippen molar-refractivity contribution in [2.45, 2.75) is 16.2 Å². The number of hydrogen-bond donors (Lipinski definition) is 2. The van der Waals surface area contributed by atoms with Gasteiger partial charge in [-0.1, -0.05) is 30.3 Å². The summed E-state index contributed by atoms with van der Waals surface area (Å²) in [7, 11) is -7.48. The Kier molecular flexibility index (Phi) is 6.07. The highest BCUT2D eigenvalue weighted by Crippen LogP contribution is 2.32. The summed E-state index contributed by atoms with van der Waals surface area (Å²) in [6, 6.07) is 19.2. The van der Waals surface area contributed by atoms with Gasteiger partial charge in [0.2, 0.25) is 15.9 Å². The Balaban J connectivity index is 1.43. The fourth-order valence-corrected chi connectivity index (χ4v) is 5.54. The normalized spacial score (nSPS) is 13.8. The molecule has 1 aliphatic rings. The van der Waals surface area contributed by atoms with E-state index in [0.717, 1.165) is 5.56 Å². The molecule has 0 aliphatic carbocycles. The van der Waals surface area contributed by atoms with Crippen LogP contribution in [0.25, 0.3) is 6.08 Å². The number of para-hydroxylation sites is 1. The molecule has 0 saturated carbocycles. The lowest BCUT2D eigenvalue weighted by Gasteiger charge is -2.19. The van der Waals surface area contributed by atoms with E-state index < -0.39 is 26.0 Å². The lowest BCUT2D eigenvalue weighted by atomic mass is 10.2. The molecule has 3 aromatic carbocycles. The SMILES string of the molecule is NS(=O)(=O)c1ccc(NC(=O)C=Cc2ccc(S(=O)(=O)N3CCc4ccccc43)cc2)cc1. The third kappa shape index (κ3) is 4.98. The van der Waals surface area contributed by atoms with Crippen molar-refractivity contribution in [1.82, 2.24) is 0 Å². The predicted molar refractivity (Wildman–Crippen MR) is 127 cm³/mol. The summed E-state index contributed by atoms with van der Waals surface area (Å²) < 4.78 is 50.1. The van der Waals surface area contributed by atoms with Crippen LogP contribution in [0.2, 0.25) is 0 Å². The summed E-state index contributed by atoms with van der Waals surface area (Å²) in [5, 5.41) is 7.66. The van der Waals surface area contributed by atoms with Gasteiger partial charge in [-0.15, -0.1) is 0 Å². The Morgan fingerprint density at radius 3 is 2.18 bits per heavy atom. The van der Waals surface area contributed by atoms with Gasteiger partial charge in [-0.3, -0.25) is 9.10 Å². The molecule has 10 heteroatoms. The second kappa shape index (κ2) is 8.81. The van der Waals surface area contributed by atoms with E-state index in [2.05, 4.69) is 5.32 Å². The minimum atomic E-state index is -3.80. The summed E-state index contributed by atoms with van der Waals surface area (Å²) in [4.78, 5) is 12.3. The summed E-state index contributed by atoms with van der Waals surface area (Å²) in [5.41, 5.74) is 2.76. The minimum Gasteiger partial charge on any atom is -0.323 e. The summed E-state index contributed by atoms with van der Waals surface area (Å²) in [6.45, 7) is 0.404. The molecule has 0 spiro atoms. The van der Waals surface area contributed by atoms with Crippen LogP contribution in [0, 0.1) is 0 Å². The van der Waals surface area contributed by atoms with Crippen molar-refractivity contribution in [1.29, 1.82) is 0 Å². The number of carbonyl (C=O) groups is 1. The van der Waals surface area contributed by atoms with E-state index in [1.165, 1.54) is 46.8 Å². The largest absolute Gasteiger partial charge is 0.323 e. The van der Waals surface area contributed by atoms with Crippen LogP contribution in [-0.2, 0) is 31.3 Å². The van der Waals surface area contributed by atoms with Gasteiger partial charge >= 0.3 is 0 Å². The van der Waals surface area contributed by atoms with Gasteiger partial charge in [0, 0.05) is 18.3 Å². The van der Waals surface area contributed by atoms with E-state index in [4.69, 9.17) is 5.14 Å². The van der Waals surface area contributed by atoms with E-state index in [1.807, 2.05) is 18.2 Å². The van der Waals surface area contributed by atoms with Crippen molar-refractivity contribution in [3.8, 4) is 0 Å². The third-order valence-electron chi connectivity index (χ3n) is 5.19. The molecule has 4 rings (SSSR count). The van der Waals surface area contributed by atoms with Crippen molar-refractivity contribution in [3.05, 3.63) is 90.0 Å². The number of nitrogens with zero attached hydrogens (tertiary/aromatic N) is 1. The molecule has 8 nitrogen and oxygen atoms in total. The van der Waals surface area contributed by atoms with E-state index >= 15 is 0 Å². The van der Waals surface area contributed by atoms with Crippen molar-refractivity contribution >= 4 is 43.4 Å². The molecular weight excluding hydrogens is 462 g/mol. The number of benzene rings is 3. The van der Waals surface area contributed by atoms with Gasteiger partial charge in [0.05, 0.1) is 15.5 Å². The second-order valence-electron chi connectivity index (χ2n) is 7.42. The number of amides is 1. The molecule has 0 unspecified atom stereocenters. The third-order valence-corrected chi connectivity index (χ3v) is 7.95. The van der Waals surface area contributed by atoms with Crippen LogP contribution < -0.4 is 14.8 Å². The lowest BCUT2D eigenvalue weighted by molar-refractivity contribution is -0.111. The highest BCUT2D eigenvalue weighted by molar-refractivity contribution is 7.92. The second-order valence-corrected chi connectivity index (χ2v) is 10.8. The molecule has 1 heterocycles. The monoisotopic (exact) mass is 483 g/mol. The number of nitrogens with one attached hydrogen (secondary N) is 1. The molecule has 0 fully saturated rings. The topological polar surface area (TPSA) is 127 Å². The maximum atomic E-state index is 13.1. The van der Waals surface area contributed by atoms with Crippen molar-refractivity contribution in [3.63, 3.8) is 0 Å². The first-order chi connectivity index (χ1) is 15.6. The molecular formula is C23H21N3O5S2. The van der Waals surface area contributed by atoms with Crippen LogP contribution in [0.5, 0.6) is 0 Å². The first-order valence-electron chi connectivity index (χ1n) is 9.97. The zero-order valence-electron chi connectivity index (χ0n) is 17.4. The Labute approximate surface area is 192 Å². The average Bonchev–Trinajstić information content (AvgIpc) is 3.23. The summed E-state index contributed by atoms with van der Waals surface area (Å²) in [6.07, 6.45) is 3.53. The Hall–Kier alpha value is -3.47. The van der Waals surface area contributed by atoms with E-state index in [0.29, 0.717) is 29.9 Å². The van der Waals surface area contributed by atoms with Crippen molar-refractivity contribution < 1.29 is 21.6 Å². The molecule has 1 aliphatic heterocycles. The van der Waals surface area contributed by atoms with Crippen LogP contribution in [0.1, 0.15) is 11.1 Å². The molecule has 3 N–H and O–H groups in total. The van der Waals surface area contributed by atoms with E-state index in [-0.39, 0.29) is 9.79 Å². The highest BCUT2D eigenvalue weighted by Gasteiger charge is 2.30. The number of primary sulfonamides is 1. The fraction of sp³-hybridized carbons (Fsp3) is 0.0870. The maximum Gasteiger partial charge on any atom is 0.264 e. The van der Waals surface area contributed by atoms with E-state index in [9.17, 15) is 21.6 Å². The first-order valence-corrected chi connectivity index (χ1v) is 13.0. The molecule has 3 aromatic rings. The average molecular weight is 484 g/mol. The molecule has 1 amide bonds. The number of hydrogen-bond acceptors (Lipinski definition) is 5. The number of fused-ring (bicyclic) bond motifs is 1. The van der Waals surface area contributed by atoms with Crippen LogP contribution in [-0.4, -0.2) is 29.3 Å². The Morgan fingerprint density at radius 1 is 0.879 bits per heavy atom. The van der Waals surface area contributed by atoms with Gasteiger partial charge in [0.15, 0.2) is 0 Å². The number of nitrogens with two attached hydrogens (primary N) is 1. The smallest absolute Gasteiger partial charge is 0.264 e. The molecule has 0 bridgehead atoms. The molecule has 0 radical (unpaired) electrons. The number of rotatable bonds is 6. The zero-order chi connectivity index (χ0) is 23.6. The number of sulfonamides is 2. The van der Waals surface area contributed by atoms with Gasteiger partial charge in [0.25, 0.3) is 10.0 Å². The highest BCUT2D eigenvalue weighted by atomic mass is 32.2.